The van der Waals surface area contributed by atoms with Crippen molar-refractivity contribution in [3.63, 3.8) is 0 Å². The maximum atomic E-state index is 12.4. The topological polar surface area (TPSA) is 54.1 Å². The number of alkyl halides is 3. The van der Waals surface area contributed by atoms with Crippen molar-refractivity contribution in [2.24, 2.45) is 15.2 Å². The van der Waals surface area contributed by atoms with Gasteiger partial charge in [-0.15, -0.1) is 10.2 Å². The molecular formula is C11H8F3N3O. The van der Waals surface area contributed by atoms with Crippen molar-refractivity contribution in [3.05, 3.63) is 35.4 Å². The zero-order valence-corrected chi connectivity index (χ0v) is 9.27. The van der Waals surface area contributed by atoms with Crippen molar-refractivity contribution >= 4 is 12.1 Å². The third-order valence-electron chi connectivity index (χ3n) is 2.47. The van der Waals surface area contributed by atoms with E-state index >= 15 is 0 Å². The molecule has 0 spiro atoms. The lowest BCUT2D eigenvalue weighted by Gasteiger charge is -2.14. The first-order valence-electron chi connectivity index (χ1n) is 5.01. The molecule has 1 heterocycles. The van der Waals surface area contributed by atoms with E-state index in [9.17, 15) is 18.0 Å². The Kier molecular flexibility index (Phi) is 2.76. The smallest absolute Gasteiger partial charge is 0.298 e. The number of aldehydes is 1. The Morgan fingerprint density at radius 3 is 2.28 bits per heavy atom. The molecule has 0 saturated carbocycles. The molecule has 0 N–H and O–H groups in total. The Hall–Kier alpha value is -2.05. The molecule has 1 aliphatic rings. The summed E-state index contributed by atoms with van der Waals surface area (Å²) in [4.78, 5) is 14.4. The number of carbonyl (C=O) groups is 1. The normalized spacial score (nSPS) is 23.0. The summed E-state index contributed by atoms with van der Waals surface area (Å²) in [7, 11) is 0. The monoisotopic (exact) mass is 255 g/mol. The molecule has 1 aromatic carbocycles. The molecule has 7 heteroatoms. The predicted octanol–water partition coefficient (Wildman–Crippen LogP) is 2.77. The van der Waals surface area contributed by atoms with E-state index in [4.69, 9.17) is 0 Å². The van der Waals surface area contributed by atoms with Gasteiger partial charge in [0.25, 0.3) is 11.5 Å². The Morgan fingerprint density at radius 1 is 1.22 bits per heavy atom. The highest BCUT2D eigenvalue weighted by Crippen LogP contribution is 2.34. The molecule has 1 aromatic rings. The van der Waals surface area contributed by atoms with E-state index in [1.165, 1.54) is 12.1 Å². The summed E-state index contributed by atoms with van der Waals surface area (Å²) in [5, 5.41) is 6.32. The molecule has 1 unspecified atom stereocenters. The van der Waals surface area contributed by atoms with Gasteiger partial charge in [-0.3, -0.25) is 4.79 Å². The van der Waals surface area contributed by atoms with Crippen LogP contribution >= 0.6 is 0 Å². The summed E-state index contributed by atoms with van der Waals surface area (Å²) in [6, 6.07) is 6.34. The van der Waals surface area contributed by atoms with Crippen molar-refractivity contribution in [2.75, 3.05) is 0 Å². The standard InChI is InChI=1S/C11H8F3N3O/c1-7-2-4-8(5-3-7)10(6-18)15-9(16-17-10)11(12,13)14/h2-6H,1H3. The van der Waals surface area contributed by atoms with E-state index in [-0.39, 0.29) is 11.8 Å². The van der Waals surface area contributed by atoms with Crippen LogP contribution in [0.2, 0.25) is 0 Å². The SMILES string of the molecule is Cc1ccc(C2(C=O)N=NC(C(F)(F)F)=N2)cc1. The van der Waals surface area contributed by atoms with E-state index in [1.807, 2.05) is 6.92 Å². The van der Waals surface area contributed by atoms with Crippen LogP contribution < -0.4 is 0 Å². The fourth-order valence-electron chi connectivity index (χ4n) is 1.49. The highest BCUT2D eigenvalue weighted by molar-refractivity contribution is 5.92. The van der Waals surface area contributed by atoms with Gasteiger partial charge >= 0.3 is 6.18 Å². The molecule has 0 aromatic heterocycles. The van der Waals surface area contributed by atoms with Crippen LogP contribution in [-0.4, -0.2) is 18.3 Å². The van der Waals surface area contributed by atoms with Gasteiger partial charge in [0.05, 0.1) is 0 Å². The van der Waals surface area contributed by atoms with Crippen LogP contribution in [-0.2, 0) is 10.5 Å². The highest BCUT2D eigenvalue weighted by Gasteiger charge is 2.45. The molecule has 0 radical (unpaired) electrons. The number of hydrogen-bond donors (Lipinski definition) is 0. The van der Waals surface area contributed by atoms with Crippen molar-refractivity contribution in [1.29, 1.82) is 0 Å². The molecule has 0 bridgehead atoms. The molecule has 94 valence electrons. The molecule has 0 fully saturated rings. The maximum Gasteiger partial charge on any atom is 0.453 e. The average molecular weight is 255 g/mol. The van der Waals surface area contributed by atoms with E-state index < -0.39 is 17.7 Å². The molecular weight excluding hydrogens is 247 g/mol. The fraction of sp³-hybridized carbons (Fsp3) is 0.273. The number of carbonyl (C=O) groups excluding carboxylic acids is 1. The van der Waals surface area contributed by atoms with Gasteiger partial charge in [-0.1, -0.05) is 29.8 Å². The molecule has 0 amide bonds. The van der Waals surface area contributed by atoms with Crippen LogP contribution in [0.25, 0.3) is 0 Å². The summed E-state index contributed by atoms with van der Waals surface area (Å²) in [6.45, 7) is 1.82. The van der Waals surface area contributed by atoms with E-state index in [0.717, 1.165) is 5.56 Å². The zero-order chi connectivity index (χ0) is 13.4. The van der Waals surface area contributed by atoms with Crippen LogP contribution in [0.5, 0.6) is 0 Å². The van der Waals surface area contributed by atoms with Crippen LogP contribution in [0.1, 0.15) is 11.1 Å². The first kappa shape index (κ1) is 12.4. The van der Waals surface area contributed by atoms with Crippen LogP contribution in [0.15, 0.2) is 39.5 Å². The number of rotatable bonds is 2. The number of benzene rings is 1. The second kappa shape index (κ2) is 4.01. The Bertz CT molecular complexity index is 533. The lowest BCUT2D eigenvalue weighted by molar-refractivity contribution is -0.112. The van der Waals surface area contributed by atoms with Crippen LogP contribution in [0, 0.1) is 6.92 Å². The number of hydrogen-bond acceptors (Lipinski definition) is 4. The number of halogens is 3. The van der Waals surface area contributed by atoms with Crippen molar-refractivity contribution < 1.29 is 18.0 Å². The first-order valence-corrected chi connectivity index (χ1v) is 5.01. The Labute approximate surface area is 100 Å². The summed E-state index contributed by atoms with van der Waals surface area (Å²) in [5.74, 6) is -1.39. The summed E-state index contributed by atoms with van der Waals surface area (Å²) >= 11 is 0. The molecule has 4 nitrogen and oxygen atoms in total. The third kappa shape index (κ3) is 2.03. The van der Waals surface area contributed by atoms with Crippen LogP contribution in [0.3, 0.4) is 0 Å². The van der Waals surface area contributed by atoms with E-state index in [0.29, 0.717) is 0 Å². The number of aliphatic imine (C=N–C) groups is 1. The third-order valence-corrected chi connectivity index (χ3v) is 2.47. The molecule has 18 heavy (non-hydrogen) atoms. The summed E-state index contributed by atoms with van der Waals surface area (Å²) in [5.41, 5.74) is -0.737. The van der Waals surface area contributed by atoms with Gasteiger partial charge in [-0.2, -0.15) is 13.2 Å². The van der Waals surface area contributed by atoms with Gasteiger partial charge in [-0.05, 0) is 6.92 Å². The average Bonchev–Trinajstić information content (AvgIpc) is 2.75. The van der Waals surface area contributed by atoms with E-state index in [1.54, 1.807) is 12.1 Å². The number of amidine groups is 1. The number of aryl methyl sites for hydroxylation is 1. The fourth-order valence-corrected chi connectivity index (χ4v) is 1.49. The lowest BCUT2D eigenvalue weighted by atomic mass is 10.0. The molecule has 0 aliphatic carbocycles. The molecule has 1 aliphatic heterocycles. The van der Waals surface area contributed by atoms with Crippen LogP contribution in [0.4, 0.5) is 13.2 Å². The minimum atomic E-state index is -4.71. The highest BCUT2D eigenvalue weighted by atomic mass is 19.4. The number of azo groups is 1. The summed E-state index contributed by atoms with van der Waals surface area (Å²) < 4.78 is 37.3. The lowest BCUT2D eigenvalue weighted by Crippen LogP contribution is -2.24. The minimum absolute atomic E-state index is 0.250. The molecule has 0 saturated heterocycles. The van der Waals surface area contributed by atoms with Gasteiger partial charge in [0.1, 0.15) is 0 Å². The quantitative estimate of drug-likeness (QED) is 0.749. The Morgan fingerprint density at radius 2 is 1.83 bits per heavy atom. The van der Waals surface area contributed by atoms with E-state index in [2.05, 4.69) is 15.2 Å². The van der Waals surface area contributed by atoms with Gasteiger partial charge < -0.3 is 0 Å². The van der Waals surface area contributed by atoms with Crippen molar-refractivity contribution in [3.8, 4) is 0 Å². The van der Waals surface area contributed by atoms with Gasteiger partial charge in [0.15, 0.2) is 6.29 Å². The second-order valence-electron chi connectivity index (χ2n) is 3.84. The predicted molar refractivity (Wildman–Crippen MR) is 57.3 cm³/mol. The van der Waals surface area contributed by atoms with Crippen molar-refractivity contribution in [1.82, 2.24) is 0 Å². The first-order chi connectivity index (χ1) is 8.37. The Balaban J connectivity index is 2.47. The molecule has 1 atom stereocenters. The van der Waals surface area contributed by atoms with Gasteiger partial charge in [-0.25, -0.2) is 4.99 Å². The largest absolute Gasteiger partial charge is 0.453 e. The minimum Gasteiger partial charge on any atom is -0.298 e. The van der Waals surface area contributed by atoms with Gasteiger partial charge in [0, 0.05) is 5.56 Å². The molecule has 2 rings (SSSR count). The maximum absolute atomic E-state index is 12.4. The number of nitrogens with zero attached hydrogens (tertiary/aromatic N) is 3. The zero-order valence-electron chi connectivity index (χ0n) is 9.27. The van der Waals surface area contributed by atoms with Gasteiger partial charge in [0.2, 0.25) is 0 Å². The second-order valence-corrected chi connectivity index (χ2v) is 3.84. The summed E-state index contributed by atoms with van der Waals surface area (Å²) in [6.07, 6.45) is -4.46. The van der Waals surface area contributed by atoms with Crippen molar-refractivity contribution in [2.45, 2.75) is 18.8 Å².